The fourth-order valence-electron chi connectivity index (χ4n) is 1.98. The van der Waals surface area contributed by atoms with Crippen molar-refractivity contribution < 1.29 is 0 Å². The molecular formula is C11H24N2. The smallest absolute Gasteiger partial charge is 0.0167 e. The number of hydrogen-bond acceptors (Lipinski definition) is 2. The summed E-state index contributed by atoms with van der Waals surface area (Å²) < 4.78 is 0. The summed E-state index contributed by atoms with van der Waals surface area (Å²) in [5.41, 5.74) is 0. The molecule has 0 aromatic carbocycles. The van der Waals surface area contributed by atoms with Crippen LogP contribution in [0, 0.1) is 0 Å². The Balaban J connectivity index is 2.00. The van der Waals surface area contributed by atoms with E-state index < -0.39 is 0 Å². The number of unbranched alkanes of at least 4 members (excludes halogenated alkanes) is 3. The second-order valence-corrected chi connectivity index (χ2v) is 4.22. The lowest BCUT2D eigenvalue weighted by atomic mass is 10.1. The number of piperazine rings is 1. The molecule has 2 heteroatoms. The van der Waals surface area contributed by atoms with Crippen LogP contribution in [0.2, 0.25) is 0 Å². The maximum absolute atomic E-state index is 3.47. The van der Waals surface area contributed by atoms with Gasteiger partial charge in [-0.05, 0) is 19.9 Å². The molecule has 1 rings (SSSR count). The molecule has 0 aromatic rings. The van der Waals surface area contributed by atoms with E-state index in [-0.39, 0.29) is 0 Å². The van der Waals surface area contributed by atoms with E-state index in [1.807, 2.05) is 0 Å². The zero-order valence-corrected chi connectivity index (χ0v) is 9.18. The molecule has 0 spiro atoms. The Morgan fingerprint density at radius 3 is 2.85 bits per heavy atom. The third-order valence-corrected chi connectivity index (χ3v) is 2.78. The van der Waals surface area contributed by atoms with E-state index in [0.29, 0.717) is 6.04 Å². The highest BCUT2D eigenvalue weighted by atomic mass is 15.2. The first-order chi connectivity index (χ1) is 6.33. The van der Waals surface area contributed by atoms with Crippen LogP contribution >= 0.6 is 0 Å². The van der Waals surface area contributed by atoms with Crippen LogP contribution < -0.4 is 5.32 Å². The Morgan fingerprint density at radius 2 is 2.15 bits per heavy atom. The van der Waals surface area contributed by atoms with Crippen LogP contribution in [0.4, 0.5) is 0 Å². The summed E-state index contributed by atoms with van der Waals surface area (Å²) >= 11 is 0. The van der Waals surface area contributed by atoms with Crippen LogP contribution in [0.3, 0.4) is 0 Å². The number of rotatable bonds is 5. The molecule has 78 valence electrons. The molecule has 0 aromatic heterocycles. The molecule has 0 aliphatic carbocycles. The summed E-state index contributed by atoms with van der Waals surface area (Å²) in [6.45, 7) is 9.52. The van der Waals surface area contributed by atoms with Crippen molar-refractivity contribution in [3.05, 3.63) is 0 Å². The minimum Gasteiger partial charge on any atom is -0.312 e. The van der Waals surface area contributed by atoms with E-state index in [1.165, 1.54) is 51.9 Å². The van der Waals surface area contributed by atoms with Crippen LogP contribution in [0.15, 0.2) is 0 Å². The molecule has 0 saturated carbocycles. The van der Waals surface area contributed by atoms with Gasteiger partial charge in [-0.3, -0.25) is 0 Å². The van der Waals surface area contributed by atoms with Gasteiger partial charge in [0.05, 0.1) is 0 Å². The first-order valence-corrected chi connectivity index (χ1v) is 5.78. The minimum absolute atomic E-state index is 0.694. The third-order valence-electron chi connectivity index (χ3n) is 2.78. The highest BCUT2D eigenvalue weighted by Gasteiger charge is 2.13. The Bertz CT molecular complexity index is 125. The predicted molar refractivity (Wildman–Crippen MR) is 58.0 cm³/mol. The average Bonchev–Trinajstić information content (AvgIpc) is 2.13. The van der Waals surface area contributed by atoms with Crippen LogP contribution in [0.5, 0.6) is 0 Å². The molecule has 1 saturated heterocycles. The van der Waals surface area contributed by atoms with Crippen LogP contribution in [0.25, 0.3) is 0 Å². The van der Waals surface area contributed by atoms with Gasteiger partial charge in [0.25, 0.3) is 0 Å². The molecule has 13 heavy (non-hydrogen) atoms. The van der Waals surface area contributed by atoms with E-state index in [2.05, 4.69) is 24.1 Å². The van der Waals surface area contributed by atoms with E-state index in [1.54, 1.807) is 0 Å². The number of nitrogens with zero attached hydrogens (tertiary/aromatic N) is 1. The molecule has 1 fully saturated rings. The molecule has 0 radical (unpaired) electrons. The van der Waals surface area contributed by atoms with E-state index >= 15 is 0 Å². The number of hydrogen-bond donors (Lipinski definition) is 1. The molecule has 0 unspecified atom stereocenters. The van der Waals surface area contributed by atoms with E-state index in [9.17, 15) is 0 Å². The van der Waals surface area contributed by atoms with Gasteiger partial charge in [-0.1, -0.05) is 26.2 Å². The fraction of sp³-hybridized carbons (Fsp3) is 1.00. The fourth-order valence-corrected chi connectivity index (χ4v) is 1.98. The monoisotopic (exact) mass is 184 g/mol. The Morgan fingerprint density at radius 1 is 1.31 bits per heavy atom. The van der Waals surface area contributed by atoms with Gasteiger partial charge in [-0.2, -0.15) is 0 Å². The van der Waals surface area contributed by atoms with Gasteiger partial charge in [0, 0.05) is 25.7 Å². The van der Waals surface area contributed by atoms with E-state index in [4.69, 9.17) is 0 Å². The quantitative estimate of drug-likeness (QED) is 0.656. The Hall–Kier alpha value is -0.0800. The van der Waals surface area contributed by atoms with Crippen molar-refractivity contribution in [2.75, 3.05) is 26.2 Å². The molecule has 1 aliphatic rings. The minimum atomic E-state index is 0.694. The molecule has 0 amide bonds. The maximum Gasteiger partial charge on any atom is 0.0167 e. The normalized spacial score (nSPS) is 24.9. The molecule has 1 aliphatic heterocycles. The van der Waals surface area contributed by atoms with Gasteiger partial charge in [-0.25, -0.2) is 0 Å². The zero-order chi connectivity index (χ0) is 9.52. The lowest BCUT2D eigenvalue weighted by Gasteiger charge is -2.31. The summed E-state index contributed by atoms with van der Waals surface area (Å²) in [5, 5.41) is 3.47. The van der Waals surface area contributed by atoms with Crippen molar-refractivity contribution in [1.82, 2.24) is 10.2 Å². The summed E-state index contributed by atoms with van der Waals surface area (Å²) in [6, 6.07) is 0.694. The summed E-state index contributed by atoms with van der Waals surface area (Å²) in [6.07, 6.45) is 5.55. The lowest BCUT2D eigenvalue weighted by Crippen LogP contribution is -2.49. The zero-order valence-electron chi connectivity index (χ0n) is 9.18. The van der Waals surface area contributed by atoms with Crippen molar-refractivity contribution in [3.8, 4) is 0 Å². The van der Waals surface area contributed by atoms with Gasteiger partial charge in [-0.15, -0.1) is 0 Å². The van der Waals surface area contributed by atoms with Crippen molar-refractivity contribution in [3.63, 3.8) is 0 Å². The lowest BCUT2D eigenvalue weighted by molar-refractivity contribution is 0.203. The van der Waals surface area contributed by atoms with E-state index in [0.717, 1.165) is 0 Å². The van der Waals surface area contributed by atoms with Crippen LogP contribution in [-0.2, 0) is 0 Å². The van der Waals surface area contributed by atoms with Crippen LogP contribution in [-0.4, -0.2) is 37.1 Å². The topological polar surface area (TPSA) is 15.3 Å². The second kappa shape index (κ2) is 6.39. The highest BCUT2D eigenvalue weighted by Crippen LogP contribution is 2.04. The average molecular weight is 184 g/mol. The van der Waals surface area contributed by atoms with Gasteiger partial charge >= 0.3 is 0 Å². The first-order valence-electron chi connectivity index (χ1n) is 5.78. The molecule has 1 N–H and O–H groups in total. The Kier molecular flexibility index (Phi) is 5.40. The highest BCUT2D eigenvalue weighted by molar-refractivity contribution is 4.74. The largest absolute Gasteiger partial charge is 0.312 e. The first kappa shape index (κ1) is 11.0. The maximum atomic E-state index is 3.47. The second-order valence-electron chi connectivity index (χ2n) is 4.22. The number of nitrogens with one attached hydrogen (secondary N) is 1. The molecule has 1 atom stereocenters. The van der Waals surface area contributed by atoms with Crippen molar-refractivity contribution in [1.29, 1.82) is 0 Å². The Labute approximate surface area is 82.7 Å². The molecule has 1 heterocycles. The molecular weight excluding hydrogens is 160 g/mol. The summed E-state index contributed by atoms with van der Waals surface area (Å²) in [7, 11) is 0. The summed E-state index contributed by atoms with van der Waals surface area (Å²) in [4.78, 5) is 2.59. The van der Waals surface area contributed by atoms with Gasteiger partial charge in [0.2, 0.25) is 0 Å². The SMILES string of the molecule is CCCCCCN1CCN[C@H](C)C1. The van der Waals surface area contributed by atoms with Crippen LogP contribution in [0.1, 0.15) is 39.5 Å². The third kappa shape index (κ3) is 4.63. The molecule has 0 bridgehead atoms. The van der Waals surface area contributed by atoms with Gasteiger partial charge in [0.1, 0.15) is 0 Å². The summed E-state index contributed by atoms with van der Waals surface area (Å²) in [5.74, 6) is 0. The van der Waals surface area contributed by atoms with Crippen molar-refractivity contribution >= 4 is 0 Å². The van der Waals surface area contributed by atoms with Crippen molar-refractivity contribution in [2.24, 2.45) is 0 Å². The molecule has 2 nitrogen and oxygen atoms in total. The predicted octanol–water partition coefficient (Wildman–Crippen LogP) is 1.86. The standard InChI is InChI=1S/C11H24N2/c1-3-4-5-6-8-13-9-7-12-11(2)10-13/h11-12H,3-10H2,1-2H3/t11-/m1/s1. The van der Waals surface area contributed by atoms with Gasteiger partial charge < -0.3 is 10.2 Å². The van der Waals surface area contributed by atoms with Gasteiger partial charge in [0.15, 0.2) is 0 Å². The van der Waals surface area contributed by atoms with Crippen molar-refractivity contribution in [2.45, 2.75) is 45.6 Å².